The van der Waals surface area contributed by atoms with Crippen molar-refractivity contribution in [1.82, 2.24) is 19.7 Å². The Balaban J connectivity index is 1.34. The van der Waals surface area contributed by atoms with Crippen molar-refractivity contribution < 1.29 is 24.2 Å². The Morgan fingerprint density at radius 3 is 2.64 bits per heavy atom. The Bertz CT molecular complexity index is 1510. The van der Waals surface area contributed by atoms with Gasteiger partial charge in [0.1, 0.15) is 11.9 Å². The highest BCUT2D eigenvalue weighted by atomic mass is 16.5. The summed E-state index contributed by atoms with van der Waals surface area (Å²) in [5.74, 6) is 0.136. The Hall–Kier alpha value is -4.05. The number of carbonyl (C=O) groups is 3. The SMILES string of the molecule is C[C@H]1CN([C@@H](C)CO)C(=O)Cc2cc(NC(=O)Cc3cn(C)c4ccccc34)ccc2O[C@@H]1CN(C)C(=O)NC1CCCCC1. The quantitative estimate of drug-likeness (QED) is 0.345. The third-order valence-electron chi connectivity index (χ3n) is 9.26. The minimum Gasteiger partial charge on any atom is -0.488 e. The Labute approximate surface area is 265 Å². The fourth-order valence-electron chi connectivity index (χ4n) is 6.55. The van der Waals surface area contributed by atoms with E-state index in [0.717, 1.165) is 42.1 Å². The molecular formula is C35H47N5O5. The minimum absolute atomic E-state index is 0.0597. The molecule has 1 aliphatic carbocycles. The van der Waals surface area contributed by atoms with E-state index in [1.54, 1.807) is 35.0 Å². The second-order valence-corrected chi connectivity index (χ2v) is 12.9. The number of urea groups is 1. The van der Waals surface area contributed by atoms with Crippen LogP contribution in [-0.2, 0) is 29.5 Å². The number of nitrogens with zero attached hydrogens (tertiary/aromatic N) is 3. The Morgan fingerprint density at radius 1 is 1.13 bits per heavy atom. The lowest BCUT2D eigenvalue weighted by molar-refractivity contribution is -0.134. The summed E-state index contributed by atoms with van der Waals surface area (Å²) in [7, 11) is 3.74. The molecule has 10 nitrogen and oxygen atoms in total. The van der Waals surface area contributed by atoms with Crippen LogP contribution in [0.3, 0.4) is 0 Å². The summed E-state index contributed by atoms with van der Waals surface area (Å²) in [4.78, 5) is 43.2. The first kappa shape index (κ1) is 32.3. The van der Waals surface area contributed by atoms with Gasteiger partial charge in [0.25, 0.3) is 0 Å². The highest BCUT2D eigenvalue weighted by Gasteiger charge is 2.32. The fourth-order valence-corrected chi connectivity index (χ4v) is 6.55. The number of amides is 4. The van der Waals surface area contributed by atoms with Crippen molar-refractivity contribution in [3.8, 4) is 5.75 Å². The van der Waals surface area contributed by atoms with Gasteiger partial charge >= 0.3 is 6.03 Å². The standard InChI is InChI=1S/C35H47N5O5/c1-23-19-40(24(2)22-41)34(43)18-25-16-28(36-33(42)17-26-20-38(3)30-13-9-8-12-29(26)30)14-15-31(25)45-32(23)21-39(4)35(44)37-27-10-6-5-7-11-27/h8-9,12-16,20,23-24,27,32,41H,5-7,10-11,17-19,21-22H2,1-4H3,(H,36,42)(H,37,44)/t23-,24-,32+/m0/s1. The Morgan fingerprint density at radius 2 is 1.89 bits per heavy atom. The first-order valence-electron chi connectivity index (χ1n) is 16.2. The molecule has 1 aromatic heterocycles. The van der Waals surface area contributed by atoms with Crippen molar-refractivity contribution in [1.29, 1.82) is 0 Å². The van der Waals surface area contributed by atoms with Crippen molar-refractivity contribution in [2.24, 2.45) is 13.0 Å². The van der Waals surface area contributed by atoms with Crippen molar-refractivity contribution in [3.63, 3.8) is 0 Å². The number of aliphatic hydroxyl groups is 1. The maximum absolute atomic E-state index is 13.6. The van der Waals surface area contributed by atoms with Gasteiger partial charge in [0.2, 0.25) is 11.8 Å². The van der Waals surface area contributed by atoms with Gasteiger partial charge in [-0.3, -0.25) is 9.59 Å². The number of benzene rings is 2. The summed E-state index contributed by atoms with van der Waals surface area (Å²) in [6.07, 6.45) is 7.32. The van der Waals surface area contributed by atoms with E-state index in [1.807, 2.05) is 55.9 Å². The largest absolute Gasteiger partial charge is 0.488 e. The molecule has 3 aromatic rings. The molecule has 45 heavy (non-hydrogen) atoms. The predicted molar refractivity (Wildman–Crippen MR) is 175 cm³/mol. The van der Waals surface area contributed by atoms with Gasteiger partial charge in [-0.15, -0.1) is 0 Å². The Kier molecular flexibility index (Phi) is 10.3. The molecule has 0 bridgehead atoms. The van der Waals surface area contributed by atoms with E-state index in [4.69, 9.17) is 4.74 Å². The topological polar surface area (TPSA) is 116 Å². The summed E-state index contributed by atoms with van der Waals surface area (Å²) in [6, 6.07) is 13.1. The fraction of sp³-hybridized carbons (Fsp3) is 0.514. The van der Waals surface area contributed by atoms with Crippen molar-refractivity contribution >= 4 is 34.4 Å². The lowest BCUT2D eigenvalue weighted by Crippen LogP contribution is -2.50. The van der Waals surface area contributed by atoms with E-state index in [2.05, 4.69) is 10.6 Å². The molecule has 0 unspecified atom stereocenters. The zero-order chi connectivity index (χ0) is 32.1. The number of aliphatic hydroxyl groups excluding tert-OH is 1. The van der Waals surface area contributed by atoms with Gasteiger partial charge in [0, 0.05) is 61.0 Å². The number of aromatic nitrogens is 1. The van der Waals surface area contributed by atoms with Crippen LogP contribution in [0.25, 0.3) is 10.9 Å². The summed E-state index contributed by atoms with van der Waals surface area (Å²) < 4.78 is 8.59. The zero-order valence-corrected chi connectivity index (χ0v) is 26.9. The van der Waals surface area contributed by atoms with Gasteiger partial charge in [-0.25, -0.2) is 4.79 Å². The lowest BCUT2D eigenvalue weighted by atomic mass is 9.96. The summed E-state index contributed by atoms with van der Waals surface area (Å²) in [6.45, 7) is 4.39. The minimum atomic E-state index is -0.406. The second kappa shape index (κ2) is 14.4. The number of anilines is 1. The third-order valence-corrected chi connectivity index (χ3v) is 9.26. The number of carbonyl (C=O) groups excluding carboxylic acids is 3. The van der Waals surface area contributed by atoms with E-state index >= 15 is 0 Å². The predicted octanol–water partition coefficient (Wildman–Crippen LogP) is 4.48. The van der Waals surface area contributed by atoms with Crippen LogP contribution in [0.1, 0.15) is 57.1 Å². The molecule has 1 aliphatic heterocycles. The molecule has 0 spiro atoms. The van der Waals surface area contributed by atoms with Crippen LogP contribution < -0.4 is 15.4 Å². The molecule has 3 atom stereocenters. The van der Waals surface area contributed by atoms with Crippen molar-refractivity contribution in [2.75, 3.05) is 32.1 Å². The number of nitrogens with one attached hydrogen (secondary N) is 2. The molecule has 5 rings (SSSR count). The van der Waals surface area contributed by atoms with Crippen LogP contribution in [0.4, 0.5) is 10.5 Å². The number of hydrogen-bond donors (Lipinski definition) is 3. The van der Waals surface area contributed by atoms with Gasteiger partial charge in [-0.1, -0.05) is 44.4 Å². The first-order valence-corrected chi connectivity index (χ1v) is 16.2. The highest BCUT2D eigenvalue weighted by molar-refractivity contribution is 5.96. The number of rotatable bonds is 8. The molecule has 242 valence electrons. The van der Waals surface area contributed by atoms with E-state index < -0.39 is 6.10 Å². The molecule has 2 aliphatic rings. The van der Waals surface area contributed by atoms with E-state index in [0.29, 0.717) is 30.1 Å². The molecule has 3 N–H and O–H groups in total. The number of hydrogen-bond acceptors (Lipinski definition) is 5. The van der Waals surface area contributed by atoms with E-state index in [-0.39, 0.29) is 55.3 Å². The van der Waals surface area contributed by atoms with Crippen LogP contribution in [0.2, 0.25) is 0 Å². The average Bonchev–Trinajstić information content (AvgIpc) is 3.36. The van der Waals surface area contributed by atoms with E-state index in [1.165, 1.54) is 6.42 Å². The zero-order valence-electron chi connectivity index (χ0n) is 26.9. The number of aryl methyl sites for hydroxylation is 1. The average molecular weight is 618 g/mol. The van der Waals surface area contributed by atoms with Gasteiger partial charge in [0.15, 0.2) is 0 Å². The van der Waals surface area contributed by atoms with Gasteiger partial charge < -0.3 is 34.8 Å². The molecule has 0 radical (unpaired) electrons. The lowest BCUT2D eigenvalue weighted by Gasteiger charge is -2.34. The van der Waals surface area contributed by atoms with Gasteiger partial charge in [-0.05, 0) is 49.6 Å². The second-order valence-electron chi connectivity index (χ2n) is 12.9. The van der Waals surface area contributed by atoms with Crippen LogP contribution in [0.5, 0.6) is 5.75 Å². The molecule has 4 amide bonds. The molecule has 0 saturated heterocycles. The van der Waals surface area contributed by atoms with Gasteiger partial charge in [0.05, 0.1) is 32.0 Å². The number of para-hydroxylation sites is 1. The molecule has 10 heteroatoms. The summed E-state index contributed by atoms with van der Waals surface area (Å²) in [5.41, 5.74) is 3.22. The van der Waals surface area contributed by atoms with Crippen LogP contribution in [0, 0.1) is 5.92 Å². The summed E-state index contributed by atoms with van der Waals surface area (Å²) in [5, 5.41) is 17.2. The molecule has 1 fully saturated rings. The third kappa shape index (κ3) is 7.79. The molecule has 1 saturated carbocycles. The maximum atomic E-state index is 13.6. The maximum Gasteiger partial charge on any atom is 0.317 e. The first-order chi connectivity index (χ1) is 21.6. The smallest absolute Gasteiger partial charge is 0.317 e. The van der Waals surface area contributed by atoms with E-state index in [9.17, 15) is 19.5 Å². The van der Waals surface area contributed by atoms with Crippen LogP contribution in [0.15, 0.2) is 48.7 Å². The number of ether oxygens (including phenoxy) is 1. The van der Waals surface area contributed by atoms with Crippen molar-refractivity contribution in [3.05, 3.63) is 59.8 Å². The van der Waals surface area contributed by atoms with Gasteiger partial charge in [-0.2, -0.15) is 0 Å². The van der Waals surface area contributed by atoms with Crippen molar-refractivity contribution in [2.45, 2.75) is 77.0 Å². The normalized spacial score (nSPS) is 19.9. The molecular weight excluding hydrogens is 570 g/mol. The van der Waals surface area contributed by atoms with Crippen LogP contribution >= 0.6 is 0 Å². The molecule has 2 aromatic carbocycles. The highest BCUT2D eigenvalue weighted by Crippen LogP contribution is 2.30. The number of likely N-dealkylation sites (N-methyl/N-ethyl adjacent to an activating group) is 1. The molecule has 2 heterocycles. The van der Waals surface area contributed by atoms with Crippen LogP contribution in [-0.4, -0.2) is 82.3 Å². The number of fused-ring (bicyclic) bond motifs is 2. The monoisotopic (exact) mass is 617 g/mol. The summed E-state index contributed by atoms with van der Waals surface area (Å²) >= 11 is 0.